The number of phosphoric ester groups is 1. The van der Waals surface area contributed by atoms with Gasteiger partial charge >= 0.3 is 7.82 Å². The predicted molar refractivity (Wildman–Crippen MR) is 115 cm³/mol. The monoisotopic (exact) mass is 463 g/mol. The number of phosphoric acid groups is 1. The Kier molecular flexibility index (Phi) is 6.07. The maximum Gasteiger partial charge on any atom is 0.474 e. The van der Waals surface area contributed by atoms with Gasteiger partial charge in [0.1, 0.15) is 0 Å². The first-order valence-electron chi connectivity index (χ1n) is 9.34. The lowest BCUT2D eigenvalue weighted by atomic mass is 10.1. The molecule has 0 atom stereocenters. The Morgan fingerprint density at radius 1 is 1.13 bits per heavy atom. The highest BCUT2D eigenvalue weighted by Gasteiger charge is 2.30. The standard InChI is InChI=1S/C20H19ClN3O6P/c1-28-31(27,29-2)30-8-7-22-11-12-3-5-14-16(9-12)23-19-18(25)15-10-13(21)4-6-17(15)24(19)20(14)26/h3-6,9-10,22H,7-8,11H2,1-2H3. The van der Waals surface area contributed by atoms with E-state index in [-0.39, 0.29) is 23.8 Å². The van der Waals surface area contributed by atoms with Crippen LogP contribution >= 0.6 is 19.4 Å². The van der Waals surface area contributed by atoms with E-state index in [2.05, 4.69) is 10.3 Å². The van der Waals surface area contributed by atoms with Gasteiger partial charge in [0.25, 0.3) is 5.56 Å². The summed E-state index contributed by atoms with van der Waals surface area (Å²) < 4.78 is 27.6. The number of hydrogen-bond acceptors (Lipinski definition) is 8. The number of carbonyl (C=O) groups excluding carboxylic acids is 1. The molecule has 1 aliphatic rings. The first-order chi connectivity index (χ1) is 14.9. The van der Waals surface area contributed by atoms with E-state index in [9.17, 15) is 14.2 Å². The lowest BCUT2D eigenvalue weighted by Gasteiger charge is -2.13. The highest BCUT2D eigenvalue weighted by atomic mass is 35.5. The minimum absolute atomic E-state index is 0.0724. The molecule has 0 unspecified atom stereocenters. The van der Waals surface area contributed by atoms with Gasteiger partial charge < -0.3 is 5.32 Å². The molecule has 0 fully saturated rings. The second-order valence-corrected chi connectivity index (χ2v) is 9.06. The van der Waals surface area contributed by atoms with Crippen molar-refractivity contribution < 1.29 is 22.9 Å². The SMILES string of the molecule is COP(=O)(OC)OCCNCc1ccc2c(=O)n3c(nc2c1)C(=O)c1cc(Cl)ccc1-3. The molecular weight excluding hydrogens is 445 g/mol. The summed E-state index contributed by atoms with van der Waals surface area (Å²) in [6.07, 6.45) is 0. The van der Waals surface area contributed by atoms with E-state index < -0.39 is 7.82 Å². The van der Waals surface area contributed by atoms with Gasteiger partial charge in [-0.15, -0.1) is 0 Å². The molecule has 1 aliphatic heterocycles. The molecule has 9 nitrogen and oxygen atoms in total. The quantitative estimate of drug-likeness (QED) is 0.313. The predicted octanol–water partition coefficient (Wildman–Crippen LogP) is 3.09. The summed E-state index contributed by atoms with van der Waals surface area (Å²) in [5.74, 6) is -0.263. The Bertz CT molecular complexity index is 1280. The van der Waals surface area contributed by atoms with Crippen molar-refractivity contribution in [3.63, 3.8) is 0 Å². The van der Waals surface area contributed by atoms with Crippen molar-refractivity contribution in [2.75, 3.05) is 27.4 Å². The van der Waals surface area contributed by atoms with Crippen LogP contribution in [-0.2, 0) is 24.7 Å². The third kappa shape index (κ3) is 4.08. The summed E-state index contributed by atoms with van der Waals surface area (Å²) in [6, 6.07) is 10.1. The van der Waals surface area contributed by atoms with Crippen molar-refractivity contribution in [1.29, 1.82) is 0 Å². The molecule has 0 radical (unpaired) electrons. The number of hydrogen-bond donors (Lipinski definition) is 1. The molecule has 4 rings (SSSR count). The van der Waals surface area contributed by atoms with E-state index >= 15 is 0 Å². The molecule has 0 saturated carbocycles. The fourth-order valence-corrected chi connectivity index (χ4v) is 4.21. The number of carbonyl (C=O) groups is 1. The van der Waals surface area contributed by atoms with Crippen LogP contribution in [0.1, 0.15) is 21.7 Å². The van der Waals surface area contributed by atoms with E-state index in [1.807, 2.05) is 0 Å². The van der Waals surface area contributed by atoms with Crippen LogP contribution in [0, 0.1) is 0 Å². The highest BCUT2D eigenvalue weighted by molar-refractivity contribution is 7.48. The number of ketones is 1. The van der Waals surface area contributed by atoms with E-state index in [4.69, 9.17) is 25.2 Å². The largest absolute Gasteiger partial charge is 0.474 e. The van der Waals surface area contributed by atoms with Crippen LogP contribution < -0.4 is 10.9 Å². The van der Waals surface area contributed by atoms with Crippen molar-refractivity contribution in [2.24, 2.45) is 0 Å². The number of rotatable bonds is 8. The summed E-state index contributed by atoms with van der Waals surface area (Å²) >= 11 is 6.00. The fourth-order valence-electron chi connectivity index (χ4n) is 3.36. The summed E-state index contributed by atoms with van der Waals surface area (Å²) in [4.78, 5) is 30.2. The molecule has 2 aromatic carbocycles. The van der Waals surface area contributed by atoms with Gasteiger partial charge in [-0.2, -0.15) is 0 Å². The van der Waals surface area contributed by atoms with Crippen molar-refractivity contribution in [3.8, 4) is 5.69 Å². The average molecular weight is 464 g/mol. The zero-order valence-electron chi connectivity index (χ0n) is 16.8. The van der Waals surface area contributed by atoms with E-state index in [0.717, 1.165) is 5.56 Å². The molecule has 0 saturated heterocycles. The molecule has 0 aliphatic carbocycles. The topological polar surface area (TPSA) is 109 Å². The minimum atomic E-state index is -3.50. The zero-order valence-corrected chi connectivity index (χ0v) is 18.4. The lowest BCUT2D eigenvalue weighted by molar-refractivity contribution is 0.103. The molecular formula is C20H19ClN3O6P. The lowest BCUT2D eigenvalue weighted by Crippen LogP contribution is -2.22. The molecule has 0 amide bonds. The van der Waals surface area contributed by atoms with Crippen molar-refractivity contribution >= 4 is 36.1 Å². The smallest absolute Gasteiger partial charge is 0.310 e. The van der Waals surface area contributed by atoms with Gasteiger partial charge in [-0.25, -0.2) is 9.55 Å². The minimum Gasteiger partial charge on any atom is -0.310 e. The van der Waals surface area contributed by atoms with E-state index in [1.54, 1.807) is 36.4 Å². The molecule has 162 valence electrons. The third-order valence-corrected chi connectivity index (χ3v) is 6.51. The van der Waals surface area contributed by atoms with Gasteiger partial charge in [-0.05, 0) is 35.9 Å². The fraction of sp³-hybridized carbons (Fsp3) is 0.250. The Morgan fingerprint density at radius 3 is 2.65 bits per heavy atom. The molecule has 31 heavy (non-hydrogen) atoms. The second kappa shape index (κ2) is 8.63. The highest BCUT2D eigenvalue weighted by Crippen LogP contribution is 2.47. The van der Waals surface area contributed by atoms with Gasteiger partial charge in [0, 0.05) is 32.3 Å². The van der Waals surface area contributed by atoms with Crippen LogP contribution in [0.3, 0.4) is 0 Å². The Morgan fingerprint density at radius 2 is 1.90 bits per heavy atom. The molecule has 1 aromatic heterocycles. The summed E-state index contributed by atoms with van der Waals surface area (Å²) in [6.45, 7) is 0.964. The molecule has 3 aromatic rings. The molecule has 0 spiro atoms. The van der Waals surface area contributed by atoms with Crippen molar-refractivity contribution in [3.05, 3.63) is 68.7 Å². The molecule has 0 bridgehead atoms. The van der Waals surface area contributed by atoms with Gasteiger partial charge in [0.2, 0.25) is 5.78 Å². The van der Waals surface area contributed by atoms with Crippen LogP contribution in [0.5, 0.6) is 0 Å². The summed E-state index contributed by atoms with van der Waals surface area (Å²) in [5.41, 5.74) is 1.83. The Labute approximate surface area is 182 Å². The van der Waals surface area contributed by atoms with Gasteiger partial charge in [-0.3, -0.25) is 27.7 Å². The number of aromatic nitrogens is 2. The number of fused-ring (bicyclic) bond motifs is 4. The second-order valence-electron chi connectivity index (χ2n) is 6.74. The normalized spacial score (nSPS) is 12.9. The maximum absolute atomic E-state index is 13.0. The van der Waals surface area contributed by atoms with Crippen LogP contribution in [0.25, 0.3) is 16.6 Å². The van der Waals surface area contributed by atoms with Crippen molar-refractivity contribution in [1.82, 2.24) is 14.9 Å². The van der Waals surface area contributed by atoms with Crippen molar-refractivity contribution in [2.45, 2.75) is 6.54 Å². The van der Waals surface area contributed by atoms with Crippen LogP contribution in [0.4, 0.5) is 0 Å². The van der Waals surface area contributed by atoms with E-state index in [0.29, 0.717) is 40.3 Å². The Hall–Kier alpha value is -2.39. The zero-order chi connectivity index (χ0) is 22.2. The third-order valence-electron chi connectivity index (χ3n) is 4.89. The van der Waals surface area contributed by atoms with Crippen LogP contribution in [0.15, 0.2) is 41.2 Å². The van der Waals surface area contributed by atoms with Crippen LogP contribution in [-0.4, -0.2) is 42.7 Å². The molecule has 1 N–H and O–H groups in total. The number of nitrogens with one attached hydrogen (secondary N) is 1. The maximum atomic E-state index is 13.0. The van der Waals surface area contributed by atoms with Gasteiger partial charge in [0.15, 0.2) is 5.82 Å². The van der Waals surface area contributed by atoms with Gasteiger partial charge in [0.05, 0.1) is 28.8 Å². The molecule has 11 heteroatoms. The van der Waals surface area contributed by atoms with Gasteiger partial charge in [-0.1, -0.05) is 17.7 Å². The first-order valence-corrected chi connectivity index (χ1v) is 11.2. The number of halogens is 1. The summed E-state index contributed by atoms with van der Waals surface area (Å²) in [5, 5.41) is 3.96. The van der Waals surface area contributed by atoms with E-state index in [1.165, 1.54) is 18.8 Å². The summed E-state index contributed by atoms with van der Waals surface area (Å²) in [7, 11) is -1.01. The van der Waals surface area contributed by atoms with Crippen LogP contribution in [0.2, 0.25) is 5.02 Å². The number of benzene rings is 2. The average Bonchev–Trinajstić information content (AvgIpc) is 3.05. The molecule has 2 heterocycles. The first kappa shape index (κ1) is 21.8. The number of nitrogens with zero attached hydrogens (tertiary/aromatic N) is 2. The Balaban J connectivity index is 1.53.